The molecule has 0 aliphatic heterocycles. The average molecular weight is 263 g/mol. The second kappa shape index (κ2) is 9.01. The predicted molar refractivity (Wildman–Crippen MR) is 66.2 cm³/mol. The molecule has 1 aromatic rings. The van der Waals surface area contributed by atoms with Gasteiger partial charge in [-0.3, -0.25) is 0 Å². The minimum absolute atomic E-state index is 0. The van der Waals surface area contributed by atoms with E-state index in [1.807, 2.05) is 10.8 Å². The van der Waals surface area contributed by atoms with Gasteiger partial charge >= 0.3 is 5.97 Å². The minimum Gasteiger partial charge on any atom is -0.479 e. The summed E-state index contributed by atoms with van der Waals surface area (Å²) in [5.74, 6) is -1.13. The van der Waals surface area contributed by atoms with Crippen LogP contribution in [0.25, 0.3) is 0 Å². The van der Waals surface area contributed by atoms with Crippen LogP contribution in [0.15, 0.2) is 18.7 Å². The second-order valence-electron chi connectivity index (χ2n) is 3.86. The Kier molecular flexibility index (Phi) is 8.44. The van der Waals surface area contributed by atoms with Crippen LogP contribution in [0.2, 0.25) is 0 Å². The van der Waals surface area contributed by atoms with Crippen LogP contribution in [-0.2, 0) is 11.3 Å². The van der Waals surface area contributed by atoms with Gasteiger partial charge in [-0.05, 0) is 12.8 Å². The molecule has 1 atom stereocenters. The van der Waals surface area contributed by atoms with Crippen molar-refractivity contribution >= 4 is 18.4 Å². The van der Waals surface area contributed by atoms with Crippen LogP contribution in [0.1, 0.15) is 32.1 Å². The first-order chi connectivity index (χ1) is 7.70. The Morgan fingerprint density at radius 2 is 2.00 bits per heavy atom. The summed E-state index contributed by atoms with van der Waals surface area (Å²) in [4.78, 5) is 14.3. The molecule has 1 aromatic heterocycles. The van der Waals surface area contributed by atoms with Crippen LogP contribution in [0.3, 0.4) is 0 Å². The van der Waals surface area contributed by atoms with E-state index in [0.717, 1.165) is 32.2 Å². The van der Waals surface area contributed by atoms with Crippen molar-refractivity contribution in [3.63, 3.8) is 0 Å². The van der Waals surface area contributed by atoms with Crippen LogP contribution < -0.4 is 0 Å². The molecule has 6 heteroatoms. The molecule has 98 valence electrons. The van der Waals surface area contributed by atoms with Crippen LogP contribution >= 0.6 is 12.4 Å². The highest BCUT2D eigenvalue weighted by molar-refractivity contribution is 5.85. The molecule has 0 bridgehead atoms. The van der Waals surface area contributed by atoms with E-state index in [1.165, 1.54) is 0 Å². The first-order valence-electron chi connectivity index (χ1n) is 5.57. The zero-order valence-corrected chi connectivity index (χ0v) is 10.5. The number of carbonyl (C=O) groups is 1. The highest BCUT2D eigenvalue weighted by atomic mass is 35.5. The van der Waals surface area contributed by atoms with Crippen molar-refractivity contribution in [3.05, 3.63) is 18.7 Å². The number of aryl methyl sites for hydroxylation is 1. The van der Waals surface area contributed by atoms with Crippen molar-refractivity contribution in [1.29, 1.82) is 0 Å². The Bertz CT molecular complexity index is 304. The number of halogens is 1. The zero-order valence-electron chi connectivity index (χ0n) is 9.66. The van der Waals surface area contributed by atoms with Crippen molar-refractivity contribution in [1.82, 2.24) is 9.55 Å². The summed E-state index contributed by atoms with van der Waals surface area (Å²) in [6.45, 7) is 0.946. The van der Waals surface area contributed by atoms with E-state index in [0.29, 0.717) is 6.42 Å². The Morgan fingerprint density at radius 1 is 1.29 bits per heavy atom. The number of rotatable bonds is 8. The Morgan fingerprint density at radius 3 is 2.59 bits per heavy atom. The fraction of sp³-hybridized carbons (Fsp3) is 0.636. The second-order valence-corrected chi connectivity index (χ2v) is 3.86. The number of aliphatic hydroxyl groups is 1. The van der Waals surface area contributed by atoms with E-state index < -0.39 is 12.1 Å². The normalized spacial score (nSPS) is 11.8. The third-order valence-electron chi connectivity index (χ3n) is 2.49. The summed E-state index contributed by atoms with van der Waals surface area (Å²) in [6.07, 6.45) is 8.43. The third kappa shape index (κ3) is 6.97. The maximum atomic E-state index is 10.3. The van der Waals surface area contributed by atoms with Crippen LogP contribution in [0.4, 0.5) is 0 Å². The highest BCUT2D eigenvalue weighted by Crippen LogP contribution is 2.07. The van der Waals surface area contributed by atoms with E-state index in [1.54, 1.807) is 12.5 Å². The largest absolute Gasteiger partial charge is 0.479 e. The topological polar surface area (TPSA) is 75.3 Å². The third-order valence-corrected chi connectivity index (χ3v) is 2.49. The van der Waals surface area contributed by atoms with Crippen LogP contribution in [-0.4, -0.2) is 31.8 Å². The van der Waals surface area contributed by atoms with Gasteiger partial charge in [-0.15, -0.1) is 12.4 Å². The Labute approximate surface area is 107 Å². The van der Waals surface area contributed by atoms with Crippen molar-refractivity contribution in [2.24, 2.45) is 0 Å². The number of carboxylic acid groups (broad SMARTS) is 1. The van der Waals surface area contributed by atoms with Gasteiger partial charge in [-0.2, -0.15) is 0 Å². The molecule has 0 aliphatic rings. The van der Waals surface area contributed by atoms with E-state index in [4.69, 9.17) is 10.2 Å². The van der Waals surface area contributed by atoms with Gasteiger partial charge in [-0.1, -0.05) is 19.3 Å². The lowest BCUT2D eigenvalue weighted by atomic mass is 10.1. The monoisotopic (exact) mass is 262 g/mol. The molecule has 0 saturated heterocycles. The molecule has 0 fully saturated rings. The zero-order chi connectivity index (χ0) is 11.8. The lowest BCUT2D eigenvalue weighted by Crippen LogP contribution is -2.18. The summed E-state index contributed by atoms with van der Waals surface area (Å²) in [5.41, 5.74) is 0. The number of hydrogen-bond donors (Lipinski definition) is 2. The van der Waals surface area contributed by atoms with Gasteiger partial charge in [0.1, 0.15) is 0 Å². The number of aliphatic hydroxyl groups excluding tert-OH is 1. The fourth-order valence-corrected chi connectivity index (χ4v) is 1.53. The van der Waals surface area contributed by atoms with Gasteiger partial charge in [0, 0.05) is 18.9 Å². The average Bonchev–Trinajstić information content (AvgIpc) is 2.75. The number of hydrogen-bond acceptors (Lipinski definition) is 3. The predicted octanol–water partition coefficient (Wildman–Crippen LogP) is 1.70. The summed E-state index contributed by atoms with van der Waals surface area (Å²) in [5, 5.41) is 17.5. The molecule has 1 rings (SSSR count). The minimum atomic E-state index is -1.20. The summed E-state index contributed by atoms with van der Waals surface area (Å²) >= 11 is 0. The maximum Gasteiger partial charge on any atom is 0.332 e. The van der Waals surface area contributed by atoms with Crippen molar-refractivity contribution < 1.29 is 15.0 Å². The van der Waals surface area contributed by atoms with Gasteiger partial charge < -0.3 is 14.8 Å². The van der Waals surface area contributed by atoms with Crippen LogP contribution in [0, 0.1) is 0 Å². The number of carboxylic acids is 1. The standard InChI is InChI=1S/C11H18N2O3.ClH/c14-10(11(15)16)5-3-1-2-4-7-13-8-6-12-9-13;/h6,8-10,14H,1-5,7H2,(H,15,16);1H. The fourth-order valence-electron chi connectivity index (χ4n) is 1.53. The number of unbranched alkanes of at least 4 members (excludes halogenated alkanes) is 3. The smallest absolute Gasteiger partial charge is 0.332 e. The first kappa shape index (κ1) is 15.9. The van der Waals surface area contributed by atoms with Gasteiger partial charge in [-0.25, -0.2) is 9.78 Å². The van der Waals surface area contributed by atoms with Gasteiger partial charge in [0.05, 0.1) is 6.33 Å². The number of aromatic nitrogens is 2. The first-order valence-corrected chi connectivity index (χ1v) is 5.57. The van der Waals surface area contributed by atoms with Crippen molar-refractivity contribution in [2.45, 2.75) is 44.8 Å². The summed E-state index contributed by atoms with van der Waals surface area (Å²) < 4.78 is 2.02. The molecule has 0 radical (unpaired) electrons. The molecule has 0 amide bonds. The lowest BCUT2D eigenvalue weighted by molar-refractivity contribution is -0.146. The SMILES string of the molecule is Cl.O=C(O)C(O)CCCCCCn1ccnc1. The van der Waals surface area contributed by atoms with E-state index in [2.05, 4.69) is 4.98 Å². The number of aliphatic carboxylic acids is 1. The van der Waals surface area contributed by atoms with Crippen molar-refractivity contribution in [3.8, 4) is 0 Å². The molecular weight excluding hydrogens is 244 g/mol. The quantitative estimate of drug-likeness (QED) is 0.699. The lowest BCUT2D eigenvalue weighted by Gasteiger charge is -2.05. The summed E-state index contributed by atoms with van der Waals surface area (Å²) in [7, 11) is 0. The Hall–Kier alpha value is -1.07. The van der Waals surface area contributed by atoms with Crippen molar-refractivity contribution in [2.75, 3.05) is 0 Å². The highest BCUT2D eigenvalue weighted by Gasteiger charge is 2.11. The van der Waals surface area contributed by atoms with E-state index in [-0.39, 0.29) is 12.4 Å². The number of imidazole rings is 1. The summed E-state index contributed by atoms with van der Waals surface area (Å²) in [6, 6.07) is 0. The molecule has 0 spiro atoms. The van der Waals surface area contributed by atoms with Gasteiger partial charge in [0.2, 0.25) is 0 Å². The molecule has 0 saturated carbocycles. The molecule has 1 heterocycles. The number of nitrogens with zero attached hydrogens (tertiary/aromatic N) is 2. The molecule has 5 nitrogen and oxygen atoms in total. The van der Waals surface area contributed by atoms with Gasteiger partial charge in [0.25, 0.3) is 0 Å². The van der Waals surface area contributed by atoms with E-state index >= 15 is 0 Å². The van der Waals surface area contributed by atoms with Crippen LogP contribution in [0.5, 0.6) is 0 Å². The van der Waals surface area contributed by atoms with Gasteiger partial charge in [0.15, 0.2) is 6.10 Å². The molecular formula is C11H19ClN2O3. The molecule has 1 unspecified atom stereocenters. The molecule has 2 N–H and O–H groups in total. The maximum absolute atomic E-state index is 10.3. The molecule has 0 aliphatic carbocycles. The Balaban J connectivity index is 0.00000256. The molecule has 0 aromatic carbocycles. The molecule has 17 heavy (non-hydrogen) atoms. The van der Waals surface area contributed by atoms with E-state index in [9.17, 15) is 4.79 Å².